The first-order valence-corrected chi connectivity index (χ1v) is 8.21. The van der Waals surface area contributed by atoms with Crippen LogP contribution in [0.25, 0.3) is 0 Å². The summed E-state index contributed by atoms with van der Waals surface area (Å²) in [4.78, 5) is 16.1. The number of amides is 1. The number of pyridine rings is 1. The number of rotatable bonds is 4. The third-order valence-corrected chi connectivity index (χ3v) is 4.02. The largest absolute Gasteiger partial charge is 0.488 e. The number of aromatic nitrogens is 1. The monoisotopic (exact) mass is 336 g/mol. The second-order valence-corrected chi connectivity index (χ2v) is 6.12. The molecular formula is C15H13FN2O4S. The lowest BCUT2D eigenvalue weighted by Gasteiger charge is -2.12. The van der Waals surface area contributed by atoms with E-state index in [9.17, 15) is 17.1 Å². The maximum Gasteiger partial charge on any atom is 0.488 e. The summed E-state index contributed by atoms with van der Waals surface area (Å²) in [5, 5.41) is 2.65. The van der Waals surface area contributed by atoms with E-state index in [1.54, 1.807) is 0 Å². The summed E-state index contributed by atoms with van der Waals surface area (Å²) in [7, 11) is -5.13. The molecule has 0 aliphatic heterocycles. The number of hydrogen-bond donors (Lipinski definition) is 1. The summed E-state index contributed by atoms with van der Waals surface area (Å²) in [5.74, 6) is -0.810. The fourth-order valence-corrected chi connectivity index (χ4v) is 3.03. The van der Waals surface area contributed by atoms with Gasteiger partial charge in [-0.2, -0.15) is 8.42 Å². The van der Waals surface area contributed by atoms with E-state index in [2.05, 4.69) is 14.5 Å². The fraction of sp³-hybridized carbons (Fsp3) is 0.200. The zero-order valence-electron chi connectivity index (χ0n) is 11.9. The van der Waals surface area contributed by atoms with Gasteiger partial charge in [0, 0.05) is 6.07 Å². The van der Waals surface area contributed by atoms with Crippen LogP contribution in [0.4, 0.5) is 9.57 Å². The zero-order chi connectivity index (χ0) is 16.4. The Morgan fingerprint density at radius 2 is 2.09 bits per heavy atom. The number of aryl methyl sites for hydroxylation is 1. The highest BCUT2D eigenvalue weighted by Crippen LogP contribution is 2.33. The summed E-state index contributed by atoms with van der Waals surface area (Å²) in [6.07, 6.45) is 3.90. The Hall–Kier alpha value is -2.48. The lowest BCUT2D eigenvalue weighted by Crippen LogP contribution is -2.19. The summed E-state index contributed by atoms with van der Waals surface area (Å²) < 4.78 is 37.6. The van der Waals surface area contributed by atoms with Crippen molar-refractivity contribution in [2.24, 2.45) is 0 Å². The molecule has 0 spiro atoms. The highest BCUT2D eigenvalue weighted by Gasteiger charge is 2.28. The van der Waals surface area contributed by atoms with Crippen LogP contribution < -0.4 is 9.50 Å². The third-order valence-electron chi connectivity index (χ3n) is 3.63. The van der Waals surface area contributed by atoms with Crippen molar-refractivity contribution in [1.82, 2.24) is 4.98 Å². The van der Waals surface area contributed by atoms with Crippen molar-refractivity contribution < 1.29 is 21.3 Å². The molecule has 0 radical (unpaired) electrons. The predicted molar refractivity (Wildman–Crippen MR) is 81.0 cm³/mol. The van der Waals surface area contributed by atoms with Gasteiger partial charge < -0.3 is 9.50 Å². The van der Waals surface area contributed by atoms with Gasteiger partial charge >= 0.3 is 10.5 Å². The number of nitrogens with zero attached hydrogens (tertiary/aromatic N) is 1. The molecule has 1 N–H and O–H groups in total. The molecule has 1 unspecified atom stereocenters. The molecule has 0 saturated carbocycles. The molecule has 1 amide bonds. The van der Waals surface area contributed by atoms with Crippen molar-refractivity contribution in [3.63, 3.8) is 0 Å². The minimum atomic E-state index is -5.13. The molecule has 1 aliphatic rings. The number of nitrogens with one attached hydrogen (secondary N) is 1. The van der Waals surface area contributed by atoms with E-state index in [4.69, 9.17) is 0 Å². The molecule has 1 heterocycles. The van der Waals surface area contributed by atoms with E-state index in [1.165, 1.54) is 12.3 Å². The first kappa shape index (κ1) is 15.4. The third kappa shape index (κ3) is 3.65. The number of anilines is 1. The molecule has 0 bridgehead atoms. The first-order valence-electron chi connectivity index (χ1n) is 6.90. The van der Waals surface area contributed by atoms with Gasteiger partial charge in [0.2, 0.25) is 5.91 Å². The first-order chi connectivity index (χ1) is 10.9. The van der Waals surface area contributed by atoms with Crippen LogP contribution in [-0.4, -0.2) is 19.3 Å². The van der Waals surface area contributed by atoms with Crippen molar-refractivity contribution in [1.29, 1.82) is 0 Å². The molecular weight excluding hydrogens is 323 g/mol. The van der Waals surface area contributed by atoms with E-state index in [0.717, 1.165) is 23.7 Å². The van der Waals surface area contributed by atoms with Crippen molar-refractivity contribution >= 4 is 22.1 Å². The maximum absolute atomic E-state index is 12.5. The smallest absolute Gasteiger partial charge is 0.357 e. The lowest BCUT2D eigenvalue weighted by atomic mass is 10.0. The molecule has 6 nitrogen and oxygen atoms in total. The van der Waals surface area contributed by atoms with Crippen LogP contribution in [0.5, 0.6) is 5.75 Å². The summed E-state index contributed by atoms with van der Waals surface area (Å²) in [6.45, 7) is 0. The van der Waals surface area contributed by atoms with E-state index in [1.807, 2.05) is 24.3 Å². The van der Waals surface area contributed by atoms with Crippen LogP contribution in [-0.2, 0) is 21.7 Å². The molecule has 1 aliphatic carbocycles. The number of fused-ring (bicyclic) bond motifs is 1. The Kier molecular flexibility index (Phi) is 3.99. The average molecular weight is 336 g/mol. The van der Waals surface area contributed by atoms with Crippen molar-refractivity contribution in [2.75, 3.05) is 5.32 Å². The molecule has 8 heteroatoms. The van der Waals surface area contributed by atoms with Gasteiger partial charge in [-0.25, -0.2) is 0 Å². The Balaban J connectivity index is 1.75. The highest BCUT2D eigenvalue weighted by atomic mass is 32.3. The van der Waals surface area contributed by atoms with E-state index in [0.29, 0.717) is 6.42 Å². The zero-order valence-corrected chi connectivity index (χ0v) is 12.7. The van der Waals surface area contributed by atoms with Crippen LogP contribution in [0.15, 0.2) is 42.7 Å². The van der Waals surface area contributed by atoms with Crippen LogP contribution in [0, 0.1) is 0 Å². The van der Waals surface area contributed by atoms with Gasteiger partial charge in [-0.05, 0) is 24.0 Å². The van der Waals surface area contributed by atoms with Crippen LogP contribution >= 0.6 is 0 Å². The minimum Gasteiger partial charge on any atom is -0.357 e. The fourth-order valence-electron chi connectivity index (χ4n) is 2.71. The Morgan fingerprint density at radius 3 is 2.87 bits per heavy atom. The summed E-state index contributed by atoms with van der Waals surface area (Å²) >= 11 is 0. The second kappa shape index (κ2) is 5.96. The van der Waals surface area contributed by atoms with Gasteiger partial charge in [-0.3, -0.25) is 9.78 Å². The molecule has 3 rings (SSSR count). The number of carbonyl (C=O) groups excluding carboxylic acids is 1. The highest BCUT2D eigenvalue weighted by molar-refractivity contribution is 7.81. The molecule has 120 valence electrons. The van der Waals surface area contributed by atoms with Crippen LogP contribution in [0.2, 0.25) is 0 Å². The average Bonchev–Trinajstić information content (AvgIpc) is 2.89. The van der Waals surface area contributed by atoms with Gasteiger partial charge in [0.15, 0.2) is 5.75 Å². The number of hydrogen-bond acceptors (Lipinski definition) is 5. The molecule has 0 saturated heterocycles. The molecule has 2 aromatic rings. The quantitative estimate of drug-likeness (QED) is 0.866. The molecule has 1 aromatic heterocycles. The standard InChI is InChI=1S/C15H13FN2O4S/c16-23(20,21)22-12-7-11(8-17-9-12)18-15(19)14-6-5-10-3-1-2-4-13(10)14/h1-4,7-9,14H,5-6H2,(H,18,19). The SMILES string of the molecule is O=C(Nc1cncc(OS(=O)(=O)F)c1)C1CCc2ccccc21. The van der Waals surface area contributed by atoms with Crippen molar-refractivity contribution in [2.45, 2.75) is 18.8 Å². The number of benzene rings is 1. The van der Waals surface area contributed by atoms with Crippen LogP contribution in [0.3, 0.4) is 0 Å². The molecule has 1 aromatic carbocycles. The van der Waals surface area contributed by atoms with Crippen molar-refractivity contribution in [3.05, 3.63) is 53.9 Å². The van der Waals surface area contributed by atoms with Crippen molar-refractivity contribution in [3.8, 4) is 5.75 Å². The topological polar surface area (TPSA) is 85.4 Å². The Bertz CT molecular complexity index is 854. The van der Waals surface area contributed by atoms with Crippen LogP contribution in [0.1, 0.15) is 23.5 Å². The molecule has 1 atom stereocenters. The van der Waals surface area contributed by atoms with Gasteiger partial charge in [0.1, 0.15) is 0 Å². The van der Waals surface area contributed by atoms with Gasteiger partial charge in [-0.15, -0.1) is 0 Å². The maximum atomic E-state index is 12.5. The Labute approximate surface area is 132 Å². The summed E-state index contributed by atoms with van der Waals surface area (Å²) in [6, 6.07) is 8.92. The van der Waals surface area contributed by atoms with Gasteiger partial charge in [-0.1, -0.05) is 28.2 Å². The Morgan fingerprint density at radius 1 is 1.30 bits per heavy atom. The van der Waals surface area contributed by atoms with E-state index < -0.39 is 10.5 Å². The minimum absolute atomic E-state index is 0.225. The lowest BCUT2D eigenvalue weighted by molar-refractivity contribution is -0.117. The normalized spacial score (nSPS) is 16.7. The molecule has 23 heavy (non-hydrogen) atoms. The summed E-state index contributed by atoms with van der Waals surface area (Å²) in [5.41, 5.74) is 2.36. The molecule has 0 fully saturated rings. The van der Waals surface area contributed by atoms with Gasteiger partial charge in [0.05, 0.1) is 24.0 Å². The van der Waals surface area contributed by atoms with E-state index in [-0.39, 0.29) is 23.3 Å². The van der Waals surface area contributed by atoms with Gasteiger partial charge in [0.25, 0.3) is 0 Å². The predicted octanol–water partition coefficient (Wildman–Crippen LogP) is 2.34. The number of halogens is 1. The second-order valence-electron chi connectivity index (χ2n) is 5.17. The number of carbonyl (C=O) groups is 1. The van der Waals surface area contributed by atoms with E-state index >= 15 is 0 Å².